The molecule has 10 heteroatoms. The molecule has 0 unspecified atom stereocenters. The van der Waals surface area contributed by atoms with Gasteiger partial charge in [0.2, 0.25) is 6.79 Å². The minimum absolute atomic E-state index is 0.0990. The van der Waals surface area contributed by atoms with Gasteiger partial charge in [0, 0.05) is 6.54 Å². The van der Waals surface area contributed by atoms with Gasteiger partial charge in [-0.15, -0.1) is 0 Å². The number of nitrogens with zero attached hydrogens (tertiary/aromatic N) is 1. The average molecular weight is 403 g/mol. The molecule has 2 N–H and O–H groups in total. The summed E-state index contributed by atoms with van der Waals surface area (Å²) in [5.41, 5.74) is -0.160. The van der Waals surface area contributed by atoms with Crippen LogP contribution < -0.4 is 20.1 Å². The van der Waals surface area contributed by atoms with E-state index in [1.165, 1.54) is 0 Å². The molecule has 3 aliphatic rings. The van der Waals surface area contributed by atoms with Crippen molar-refractivity contribution in [3.05, 3.63) is 23.8 Å². The molecule has 154 valence electrons. The van der Waals surface area contributed by atoms with E-state index < -0.39 is 42.5 Å². The van der Waals surface area contributed by atoms with E-state index in [0.29, 0.717) is 11.5 Å². The Morgan fingerprint density at radius 3 is 2.79 bits per heavy atom. The first kappa shape index (κ1) is 19.0. The molecule has 0 aromatic heterocycles. The first-order valence-electron chi connectivity index (χ1n) is 9.32. The Morgan fingerprint density at radius 2 is 2.03 bits per heavy atom. The average Bonchev–Trinajstić information content (AvgIpc) is 3.42. The number of hydrogen-bond acceptors (Lipinski definition) is 7. The summed E-state index contributed by atoms with van der Waals surface area (Å²) in [7, 11) is 0. The van der Waals surface area contributed by atoms with Crippen LogP contribution in [0.25, 0.3) is 0 Å². The fourth-order valence-electron chi connectivity index (χ4n) is 3.42. The number of amides is 4. The Morgan fingerprint density at radius 1 is 1.28 bits per heavy atom. The minimum Gasteiger partial charge on any atom is -0.454 e. The van der Waals surface area contributed by atoms with Crippen molar-refractivity contribution < 1.29 is 33.4 Å². The van der Waals surface area contributed by atoms with E-state index >= 15 is 0 Å². The molecule has 1 aromatic carbocycles. The van der Waals surface area contributed by atoms with Crippen LogP contribution in [-0.2, 0) is 25.7 Å². The molecular formula is C19H21N3O7. The zero-order chi connectivity index (χ0) is 20.6. The molecule has 0 bridgehead atoms. The lowest BCUT2D eigenvalue weighted by Crippen LogP contribution is -2.46. The Labute approximate surface area is 166 Å². The van der Waals surface area contributed by atoms with E-state index in [2.05, 4.69) is 10.6 Å². The number of urea groups is 1. The van der Waals surface area contributed by atoms with Gasteiger partial charge in [0.15, 0.2) is 18.1 Å². The van der Waals surface area contributed by atoms with Gasteiger partial charge in [-0.1, -0.05) is 6.07 Å². The summed E-state index contributed by atoms with van der Waals surface area (Å²) in [6.07, 6.45) is 1.73. The highest BCUT2D eigenvalue weighted by Crippen LogP contribution is 2.42. The van der Waals surface area contributed by atoms with Crippen molar-refractivity contribution in [2.45, 2.75) is 31.8 Å². The fraction of sp³-hybridized carbons (Fsp3) is 0.474. The number of hydrogen-bond donors (Lipinski definition) is 2. The topological polar surface area (TPSA) is 123 Å². The van der Waals surface area contributed by atoms with Crippen LogP contribution in [0, 0.1) is 5.92 Å². The standard InChI is InChI=1S/C19H21N3O7/c1-19(12-3-4-12)17(25)22(18(26)21-19)8-16(24)27-9-15(23)20-7-11-2-5-13-14(6-11)29-10-28-13/h2,5-6,12H,3-4,7-10H2,1H3,(H,20,23)(H,21,26)/t19-/m1/s1. The van der Waals surface area contributed by atoms with E-state index in [1.54, 1.807) is 25.1 Å². The van der Waals surface area contributed by atoms with E-state index in [-0.39, 0.29) is 19.3 Å². The van der Waals surface area contributed by atoms with Crippen molar-refractivity contribution in [1.29, 1.82) is 0 Å². The van der Waals surface area contributed by atoms with E-state index in [9.17, 15) is 19.2 Å². The summed E-state index contributed by atoms with van der Waals surface area (Å²) in [6, 6.07) is 4.67. The van der Waals surface area contributed by atoms with Crippen LogP contribution >= 0.6 is 0 Å². The van der Waals surface area contributed by atoms with Gasteiger partial charge in [-0.3, -0.25) is 19.3 Å². The van der Waals surface area contributed by atoms with Crippen LogP contribution in [0.1, 0.15) is 25.3 Å². The molecule has 10 nitrogen and oxygen atoms in total. The Balaban J connectivity index is 1.22. The number of nitrogens with one attached hydrogen (secondary N) is 2. The maximum Gasteiger partial charge on any atom is 0.326 e. The second-order valence-corrected chi connectivity index (χ2v) is 7.42. The van der Waals surface area contributed by atoms with Crippen LogP contribution in [0.3, 0.4) is 0 Å². The van der Waals surface area contributed by atoms with Gasteiger partial charge in [-0.2, -0.15) is 0 Å². The maximum atomic E-state index is 12.5. The van der Waals surface area contributed by atoms with Gasteiger partial charge in [-0.25, -0.2) is 4.79 Å². The first-order chi connectivity index (χ1) is 13.9. The molecule has 29 heavy (non-hydrogen) atoms. The third-order valence-corrected chi connectivity index (χ3v) is 5.27. The van der Waals surface area contributed by atoms with Crippen molar-refractivity contribution in [3.8, 4) is 11.5 Å². The number of carbonyl (C=O) groups is 4. The van der Waals surface area contributed by atoms with Crippen molar-refractivity contribution in [2.75, 3.05) is 19.9 Å². The van der Waals surface area contributed by atoms with Crippen molar-refractivity contribution in [1.82, 2.24) is 15.5 Å². The third kappa shape index (κ3) is 3.82. The van der Waals surface area contributed by atoms with Crippen LogP contribution in [0.5, 0.6) is 11.5 Å². The molecule has 0 radical (unpaired) electrons. The van der Waals surface area contributed by atoms with Crippen LogP contribution in [-0.4, -0.2) is 54.2 Å². The molecule has 1 saturated carbocycles. The fourth-order valence-corrected chi connectivity index (χ4v) is 3.42. The summed E-state index contributed by atoms with van der Waals surface area (Å²) >= 11 is 0. The number of carbonyl (C=O) groups excluding carboxylic acids is 4. The number of fused-ring (bicyclic) bond motifs is 1. The third-order valence-electron chi connectivity index (χ3n) is 5.27. The van der Waals surface area contributed by atoms with E-state index in [1.807, 2.05) is 0 Å². The number of ether oxygens (including phenoxy) is 3. The minimum atomic E-state index is -0.959. The van der Waals surface area contributed by atoms with Gasteiger partial charge in [0.1, 0.15) is 12.1 Å². The highest BCUT2D eigenvalue weighted by Gasteiger charge is 2.56. The van der Waals surface area contributed by atoms with Crippen LogP contribution in [0.2, 0.25) is 0 Å². The molecular weight excluding hydrogens is 382 g/mol. The predicted octanol–water partition coefficient (Wildman–Crippen LogP) is 0.295. The van der Waals surface area contributed by atoms with Gasteiger partial charge in [-0.05, 0) is 43.4 Å². The lowest BCUT2D eigenvalue weighted by molar-refractivity contribution is -0.151. The summed E-state index contributed by atoms with van der Waals surface area (Å²) in [6.45, 7) is 1.02. The molecule has 2 fully saturated rings. The number of benzene rings is 1. The SMILES string of the molecule is C[C@]1(C2CC2)NC(=O)N(CC(=O)OCC(=O)NCc2ccc3c(c2)OCO3)C1=O. The van der Waals surface area contributed by atoms with Gasteiger partial charge < -0.3 is 24.8 Å². The molecule has 2 heterocycles. The zero-order valence-electron chi connectivity index (χ0n) is 15.9. The molecule has 1 aromatic rings. The molecule has 1 saturated heterocycles. The first-order valence-corrected chi connectivity index (χ1v) is 9.32. The quantitative estimate of drug-likeness (QED) is 0.496. The summed E-state index contributed by atoms with van der Waals surface area (Å²) in [5, 5.41) is 5.27. The van der Waals surface area contributed by atoms with Crippen molar-refractivity contribution >= 4 is 23.8 Å². The normalized spacial score (nSPS) is 22.4. The molecule has 4 amide bonds. The number of imide groups is 1. The smallest absolute Gasteiger partial charge is 0.326 e. The molecule has 0 spiro atoms. The Bertz CT molecular complexity index is 883. The van der Waals surface area contributed by atoms with Gasteiger partial charge >= 0.3 is 12.0 Å². The summed E-state index contributed by atoms with van der Waals surface area (Å²) in [5.74, 6) is -0.416. The lowest BCUT2D eigenvalue weighted by Gasteiger charge is -2.20. The lowest BCUT2D eigenvalue weighted by atomic mass is 9.96. The molecule has 1 atom stereocenters. The van der Waals surface area contributed by atoms with Gasteiger partial charge in [0.25, 0.3) is 11.8 Å². The van der Waals surface area contributed by atoms with E-state index in [0.717, 1.165) is 23.3 Å². The number of rotatable bonds is 7. The van der Waals surface area contributed by atoms with Crippen molar-refractivity contribution in [2.24, 2.45) is 5.92 Å². The highest BCUT2D eigenvalue weighted by molar-refractivity contribution is 6.08. The molecule has 4 rings (SSSR count). The van der Waals surface area contributed by atoms with Crippen LogP contribution in [0.4, 0.5) is 4.79 Å². The second kappa shape index (κ2) is 7.26. The molecule has 1 aliphatic carbocycles. The summed E-state index contributed by atoms with van der Waals surface area (Å²) < 4.78 is 15.4. The van der Waals surface area contributed by atoms with Crippen molar-refractivity contribution in [3.63, 3.8) is 0 Å². The Hall–Kier alpha value is -3.30. The largest absolute Gasteiger partial charge is 0.454 e. The monoisotopic (exact) mass is 403 g/mol. The Kier molecular flexibility index (Phi) is 4.77. The predicted molar refractivity (Wildman–Crippen MR) is 96.7 cm³/mol. The summed E-state index contributed by atoms with van der Waals surface area (Å²) in [4.78, 5) is 49.2. The van der Waals surface area contributed by atoms with E-state index in [4.69, 9.17) is 14.2 Å². The molecule has 2 aliphatic heterocycles. The number of esters is 1. The maximum absolute atomic E-state index is 12.5. The second-order valence-electron chi connectivity index (χ2n) is 7.42. The van der Waals surface area contributed by atoms with Gasteiger partial charge in [0.05, 0.1) is 0 Å². The highest BCUT2D eigenvalue weighted by atomic mass is 16.7. The zero-order valence-corrected chi connectivity index (χ0v) is 15.9. The van der Waals surface area contributed by atoms with Crippen LogP contribution in [0.15, 0.2) is 18.2 Å².